The molecule has 182 valence electrons. The molecule has 0 radical (unpaired) electrons. The van der Waals surface area contributed by atoms with Crippen molar-refractivity contribution >= 4 is 18.1 Å². The van der Waals surface area contributed by atoms with E-state index in [2.05, 4.69) is 29.8 Å². The zero-order valence-electron chi connectivity index (χ0n) is 20.5. The van der Waals surface area contributed by atoms with Crippen LogP contribution in [-0.2, 0) is 0 Å². The maximum absolute atomic E-state index is 13.2. The van der Waals surface area contributed by atoms with Gasteiger partial charge in [0, 0.05) is 35.8 Å². The first-order chi connectivity index (χ1) is 16.9. The Bertz CT molecular complexity index is 1160. The van der Waals surface area contributed by atoms with Crippen molar-refractivity contribution in [1.82, 2.24) is 16.0 Å². The highest BCUT2D eigenvalue weighted by Crippen LogP contribution is 2.26. The summed E-state index contributed by atoms with van der Waals surface area (Å²) in [6, 6.07) is 22.0. The van der Waals surface area contributed by atoms with E-state index in [0.29, 0.717) is 46.9 Å². The van der Waals surface area contributed by atoms with E-state index in [9.17, 15) is 14.4 Å². The lowest BCUT2D eigenvalue weighted by Gasteiger charge is -2.16. The molecule has 0 heterocycles. The molecule has 1 unspecified atom stereocenters. The quantitative estimate of drug-likeness (QED) is 0.278. The van der Waals surface area contributed by atoms with Gasteiger partial charge in [0.2, 0.25) is 0 Å². The summed E-state index contributed by atoms with van der Waals surface area (Å²) < 4.78 is 0. The van der Waals surface area contributed by atoms with E-state index in [0.717, 1.165) is 18.3 Å². The van der Waals surface area contributed by atoms with Crippen LogP contribution >= 0.6 is 0 Å². The lowest BCUT2D eigenvalue weighted by molar-refractivity contribution is 0.0939. The highest BCUT2D eigenvalue weighted by Gasteiger charge is 2.17. The van der Waals surface area contributed by atoms with E-state index in [1.54, 1.807) is 30.3 Å². The van der Waals surface area contributed by atoms with Crippen molar-refractivity contribution in [2.45, 2.75) is 39.3 Å². The number of aldehydes is 1. The highest BCUT2D eigenvalue weighted by molar-refractivity contribution is 6.02. The number of hydrogen-bond donors (Lipinski definition) is 3. The molecule has 2 amide bonds. The molecule has 3 aromatic rings. The zero-order valence-corrected chi connectivity index (χ0v) is 20.5. The van der Waals surface area contributed by atoms with Gasteiger partial charge in [-0.3, -0.25) is 14.4 Å². The number of hydrogen-bond acceptors (Lipinski definition) is 4. The summed E-state index contributed by atoms with van der Waals surface area (Å²) in [6.45, 7) is 7.22. The fourth-order valence-corrected chi connectivity index (χ4v) is 3.75. The molecule has 3 rings (SSSR count). The first-order valence-electron chi connectivity index (χ1n) is 12.0. The third kappa shape index (κ3) is 7.11. The molecular formula is C29H33N3O3. The standard InChI is InChI=1S/C29H33N3O3/c1-4-20(2)30-14-15-31-28(34)25-16-24(27-13-9-8-12-23(27)19-33)17-26(18-25)29(35)32-21(3)22-10-6-5-7-11-22/h5-13,16-21,30H,4,14-15H2,1-3H3,(H,31,34)(H,32,35)/t20-,21?/m1/s1. The highest BCUT2D eigenvalue weighted by atomic mass is 16.2. The Morgan fingerprint density at radius 1 is 0.857 bits per heavy atom. The Morgan fingerprint density at radius 3 is 2.20 bits per heavy atom. The lowest BCUT2D eigenvalue weighted by atomic mass is 9.95. The number of benzene rings is 3. The van der Waals surface area contributed by atoms with E-state index in [1.807, 2.05) is 49.4 Å². The van der Waals surface area contributed by atoms with Crippen LogP contribution in [0.5, 0.6) is 0 Å². The monoisotopic (exact) mass is 471 g/mol. The van der Waals surface area contributed by atoms with E-state index >= 15 is 0 Å². The molecular weight excluding hydrogens is 438 g/mol. The van der Waals surface area contributed by atoms with Crippen molar-refractivity contribution in [2.24, 2.45) is 0 Å². The number of carbonyl (C=O) groups is 3. The average Bonchev–Trinajstić information content (AvgIpc) is 2.90. The Morgan fingerprint density at radius 2 is 1.51 bits per heavy atom. The van der Waals surface area contributed by atoms with Crippen molar-refractivity contribution in [3.8, 4) is 11.1 Å². The fourth-order valence-electron chi connectivity index (χ4n) is 3.75. The molecule has 0 saturated heterocycles. The molecule has 0 bridgehead atoms. The number of rotatable bonds is 11. The summed E-state index contributed by atoms with van der Waals surface area (Å²) in [4.78, 5) is 37.8. The summed E-state index contributed by atoms with van der Waals surface area (Å²) in [6.07, 6.45) is 1.78. The van der Waals surface area contributed by atoms with Gasteiger partial charge in [0.25, 0.3) is 11.8 Å². The minimum absolute atomic E-state index is 0.210. The molecule has 0 spiro atoms. The molecule has 6 nitrogen and oxygen atoms in total. The second-order valence-corrected chi connectivity index (χ2v) is 8.63. The van der Waals surface area contributed by atoms with Gasteiger partial charge >= 0.3 is 0 Å². The van der Waals surface area contributed by atoms with E-state index in [1.165, 1.54) is 0 Å². The molecule has 0 aromatic heterocycles. The summed E-state index contributed by atoms with van der Waals surface area (Å²) in [5.74, 6) is -0.564. The van der Waals surface area contributed by atoms with Gasteiger partial charge in [0.15, 0.2) is 6.29 Å². The van der Waals surface area contributed by atoms with Crippen molar-refractivity contribution in [2.75, 3.05) is 13.1 Å². The van der Waals surface area contributed by atoms with Crippen LogP contribution in [0.25, 0.3) is 11.1 Å². The van der Waals surface area contributed by atoms with Gasteiger partial charge in [0.1, 0.15) is 0 Å². The van der Waals surface area contributed by atoms with E-state index < -0.39 is 0 Å². The molecule has 0 aliphatic heterocycles. The van der Waals surface area contributed by atoms with Crippen LogP contribution in [0, 0.1) is 0 Å². The van der Waals surface area contributed by atoms with Gasteiger partial charge in [-0.2, -0.15) is 0 Å². The van der Waals surface area contributed by atoms with Crippen molar-refractivity contribution in [3.63, 3.8) is 0 Å². The van der Waals surface area contributed by atoms with Gasteiger partial charge in [-0.05, 0) is 55.2 Å². The maximum Gasteiger partial charge on any atom is 0.251 e. The first kappa shape index (κ1) is 25.8. The van der Waals surface area contributed by atoms with Gasteiger partial charge < -0.3 is 16.0 Å². The minimum atomic E-state index is -0.292. The minimum Gasteiger partial charge on any atom is -0.351 e. The summed E-state index contributed by atoms with van der Waals surface area (Å²) in [5.41, 5.74) is 3.50. The van der Waals surface area contributed by atoms with Crippen LogP contribution < -0.4 is 16.0 Å². The molecule has 0 fully saturated rings. The maximum atomic E-state index is 13.2. The zero-order chi connectivity index (χ0) is 25.2. The van der Waals surface area contributed by atoms with Crippen molar-refractivity contribution in [3.05, 3.63) is 95.1 Å². The van der Waals surface area contributed by atoms with Crippen LogP contribution in [0.3, 0.4) is 0 Å². The normalized spacial score (nSPS) is 12.4. The Labute approximate surface area is 207 Å². The van der Waals surface area contributed by atoms with Crippen LogP contribution in [0.2, 0.25) is 0 Å². The van der Waals surface area contributed by atoms with E-state index in [-0.39, 0.29) is 17.9 Å². The average molecular weight is 472 g/mol. The van der Waals surface area contributed by atoms with Crippen molar-refractivity contribution in [1.29, 1.82) is 0 Å². The predicted molar refractivity (Wildman–Crippen MR) is 140 cm³/mol. The second kappa shape index (κ2) is 12.6. The summed E-state index contributed by atoms with van der Waals surface area (Å²) in [5, 5.41) is 9.26. The Hall–Kier alpha value is -3.77. The van der Waals surface area contributed by atoms with Gasteiger partial charge in [0.05, 0.1) is 6.04 Å². The molecule has 3 N–H and O–H groups in total. The van der Waals surface area contributed by atoms with Gasteiger partial charge in [-0.1, -0.05) is 61.5 Å². The number of amides is 2. The topological polar surface area (TPSA) is 87.3 Å². The molecule has 3 aromatic carbocycles. The molecule has 2 atom stereocenters. The first-order valence-corrected chi connectivity index (χ1v) is 12.0. The van der Waals surface area contributed by atoms with E-state index in [4.69, 9.17) is 0 Å². The van der Waals surface area contributed by atoms with Crippen LogP contribution in [0.15, 0.2) is 72.8 Å². The number of nitrogens with one attached hydrogen (secondary N) is 3. The third-order valence-corrected chi connectivity index (χ3v) is 6.02. The number of carbonyl (C=O) groups excluding carboxylic acids is 3. The van der Waals surface area contributed by atoms with Crippen LogP contribution in [0.1, 0.15) is 69.9 Å². The molecule has 0 saturated carbocycles. The second-order valence-electron chi connectivity index (χ2n) is 8.63. The van der Waals surface area contributed by atoms with Crippen LogP contribution in [-0.4, -0.2) is 37.2 Å². The van der Waals surface area contributed by atoms with Crippen molar-refractivity contribution < 1.29 is 14.4 Å². The third-order valence-electron chi connectivity index (χ3n) is 6.02. The largest absolute Gasteiger partial charge is 0.351 e. The van der Waals surface area contributed by atoms with Crippen LogP contribution in [0.4, 0.5) is 0 Å². The Balaban J connectivity index is 1.88. The lowest BCUT2D eigenvalue weighted by Crippen LogP contribution is -2.35. The predicted octanol–water partition coefficient (Wildman–Crippen LogP) is 4.78. The van der Waals surface area contributed by atoms with Gasteiger partial charge in [-0.25, -0.2) is 0 Å². The molecule has 0 aliphatic carbocycles. The summed E-state index contributed by atoms with van der Waals surface area (Å²) >= 11 is 0. The summed E-state index contributed by atoms with van der Waals surface area (Å²) in [7, 11) is 0. The van der Waals surface area contributed by atoms with Gasteiger partial charge in [-0.15, -0.1) is 0 Å². The smallest absolute Gasteiger partial charge is 0.251 e. The molecule has 35 heavy (non-hydrogen) atoms. The fraction of sp³-hybridized carbons (Fsp3) is 0.276. The molecule has 6 heteroatoms. The Kier molecular flexibility index (Phi) is 9.32. The molecule has 0 aliphatic rings. The SMILES string of the molecule is CC[C@@H](C)NCCNC(=O)c1cc(C(=O)NC(C)c2ccccc2)cc(-c2ccccc2C=O)c1.